The fourth-order valence-corrected chi connectivity index (χ4v) is 3.93. The number of benzene rings is 3. The summed E-state index contributed by atoms with van der Waals surface area (Å²) in [6.07, 6.45) is 1.37. The normalized spacial score (nSPS) is 11.1. The third kappa shape index (κ3) is 5.32. The zero-order valence-electron chi connectivity index (χ0n) is 20.2. The van der Waals surface area contributed by atoms with Gasteiger partial charge in [-0.15, -0.1) is 0 Å². The highest BCUT2D eigenvalue weighted by Gasteiger charge is 2.12. The Morgan fingerprint density at radius 3 is 2.43 bits per heavy atom. The molecule has 0 bridgehead atoms. The van der Waals surface area contributed by atoms with Gasteiger partial charge in [-0.2, -0.15) is 15.0 Å². The van der Waals surface area contributed by atoms with Crippen LogP contribution in [0, 0.1) is 20.8 Å². The smallest absolute Gasteiger partial charge is 0.226 e. The fraction of sp³-hybridized carbons (Fsp3) is 0.207. The lowest BCUT2D eigenvalue weighted by Crippen LogP contribution is -2.03. The Bertz CT molecular complexity index is 1420. The van der Waals surface area contributed by atoms with E-state index in [9.17, 15) is 0 Å². The number of nitrogens with zero attached hydrogens (tertiary/aromatic N) is 4. The van der Waals surface area contributed by atoms with E-state index in [4.69, 9.17) is 14.3 Å². The van der Waals surface area contributed by atoms with Crippen molar-refractivity contribution < 1.29 is 9.15 Å². The Morgan fingerprint density at radius 2 is 1.63 bits per heavy atom. The van der Waals surface area contributed by atoms with Crippen LogP contribution in [0.1, 0.15) is 34.0 Å². The monoisotopic (exact) mass is 464 g/mol. The summed E-state index contributed by atoms with van der Waals surface area (Å²) in [4.78, 5) is 6.36. The molecular weight excluding hydrogens is 436 g/mol. The maximum atomic E-state index is 6.05. The van der Waals surface area contributed by atoms with Crippen LogP contribution < -0.4 is 4.74 Å². The maximum absolute atomic E-state index is 6.05. The Balaban J connectivity index is 1.22. The molecule has 5 rings (SSSR count). The number of hydrogen-bond acceptors (Lipinski definition) is 5. The SMILES string of the molecule is Cc1ccc(-n2nc(C)c(Cc3cccc(OCCc4nc(-c5ccccc5)oc4C)c3)n2)cc1. The Kier molecular flexibility index (Phi) is 6.44. The van der Waals surface area contributed by atoms with E-state index in [-0.39, 0.29) is 0 Å². The summed E-state index contributed by atoms with van der Waals surface area (Å²) < 4.78 is 11.9. The van der Waals surface area contributed by atoms with Gasteiger partial charge in [0.05, 0.1) is 29.4 Å². The number of ether oxygens (including phenoxy) is 1. The molecule has 0 N–H and O–H groups in total. The van der Waals surface area contributed by atoms with Crippen LogP contribution in [0.5, 0.6) is 5.75 Å². The first kappa shape index (κ1) is 22.6. The standard InChI is InChI=1S/C29H28N4O2/c1-20-12-14-25(15-13-20)33-31-21(2)28(32-33)19-23-8-7-11-26(18-23)34-17-16-27-22(3)35-29(30-27)24-9-5-4-6-10-24/h4-15,18H,16-17,19H2,1-3H3. The molecule has 0 spiro atoms. The number of rotatable bonds is 8. The van der Waals surface area contributed by atoms with Crippen LogP contribution in [0.25, 0.3) is 17.1 Å². The number of aryl methyl sites for hydroxylation is 3. The summed E-state index contributed by atoms with van der Waals surface area (Å²) in [6.45, 7) is 6.54. The van der Waals surface area contributed by atoms with Crippen molar-refractivity contribution in [3.63, 3.8) is 0 Å². The molecule has 3 aromatic carbocycles. The molecule has 0 aliphatic heterocycles. The van der Waals surface area contributed by atoms with Gasteiger partial charge in [0, 0.05) is 18.4 Å². The first-order chi connectivity index (χ1) is 17.0. The minimum Gasteiger partial charge on any atom is -0.493 e. The highest BCUT2D eigenvalue weighted by atomic mass is 16.5. The molecular formula is C29H28N4O2. The molecule has 0 aliphatic rings. The van der Waals surface area contributed by atoms with Crippen LogP contribution in [-0.4, -0.2) is 26.6 Å². The number of hydrogen-bond donors (Lipinski definition) is 0. The molecule has 0 aliphatic carbocycles. The molecule has 0 saturated carbocycles. The summed E-state index contributed by atoms with van der Waals surface area (Å²) in [5.41, 5.74) is 7.08. The van der Waals surface area contributed by atoms with E-state index in [1.165, 1.54) is 5.56 Å². The molecule has 2 heterocycles. The molecule has 0 atom stereocenters. The van der Waals surface area contributed by atoms with Crippen molar-refractivity contribution in [2.45, 2.75) is 33.6 Å². The van der Waals surface area contributed by atoms with Crippen molar-refractivity contribution >= 4 is 0 Å². The molecule has 0 amide bonds. The molecule has 2 aromatic heterocycles. The summed E-state index contributed by atoms with van der Waals surface area (Å²) in [6, 6.07) is 26.3. The quantitative estimate of drug-likeness (QED) is 0.279. The molecule has 0 unspecified atom stereocenters. The van der Waals surface area contributed by atoms with E-state index >= 15 is 0 Å². The van der Waals surface area contributed by atoms with Gasteiger partial charge in [-0.1, -0.05) is 48.0 Å². The predicted molar refractivity (Wildman–Crippen MR) is 136 cm³/mol. The van der Waals surface area contributed by atoms with E-state index in [1.807, 2.05) is 68.4 Å². The minimum atomic E-state index is 0.522. The van der Waals surface area contributed by atoms with Crippen LogP contribution in [-0.2, 0) is 12.8 Å². The first-order valence-electron chi connectivity index (χ1n) is 11.8. The van der Waals surface area contributed by atoms with Crippen LogP contribution in [0.2, 0.25) is 0 Å². The van der Waals surface area contributed by atoms with Gasteiger partial charge in [-0.3, -0.25) is 0 Å². The second-order valence-corrected chi connectivity index (χ2v) is 8.67. The summed E-state index contributed by atoms with van der Waals surface area (Å²) in [5, 5.41) is 9.32. The fourth-order valence-electron chi connectivity index (χ4n) is 3.93. The van der Waals surface area contributed by atoms with Gasteiger partial charge in [0.25, 0.3) is 0 Å². The summed E-state index contributed by atoms with van der Waals surface area (Å²) in [7, 11) is 0. The van der Waals surface area contributed by atoms with Crippen molar-refractivity contribution in [3.8, 4) is 22.9 Å². The first-order valence-corrected chi connectivity index (χ1v) is 11.8. The Morgan fingerprint density at radius 1 is 0.829 bits per heavy atom. The van der Waals surface area contributed by atoms with Crippen LogP contribution in [0.15, 0.2) is 83.3 Å². The molecule has 176 valence electrons. The largest absolute Gasteiger partial charge is 0.493 e. The van der Waals surface area contributed by atoms with Crippen molar-refractivity contribution in [3.05, 3.63) is 113 Å². The molecule has 0 fully saturated rings. The van der Waals surface area contributed by atoms with E-state index in [0.717, 1.165) is 45.4 Å². The topological polar surface area (TPSA) is 66.0 Å². The lowest BCUT2D eigenvalue weighted by atomic mass is 10.1. The maximum Gasteiger partial charge on any atom is 0.226 e. The van der Waals surface area contributed by atoms with Crippen LogP contribution >= 0.6 is 0 Å². The molecule has 35 heavy (non-hydrogen) atoms. The van der Waals surface area contributed by atoms with Gasteiger partial charge in [-0.05, 0) is 62.7 Å². The highest BCUT2D eigenvalue weighted by molar-refractivity contribution is 5.53. The van der Waals surface area contributed by atoms with E-state index in [0.29, 0.717) is 25.3 Å². The van der Waals surface area contributed by atoms with Gasteiger partial charge >= 0.3 is 0 Å². The average Bonchev–Trinajstić information content (AvgIpc) is 3.42. The predicted octanol–water partition coefficient (Wildman–Crippen LogP) is 6.06. The Labute approximate surface area is 205 Å². The van der Waals surface area contributed by atoms with Crippen LogP contribution in [0.3, 0.4) is 0 Å². The Hall–Kier alpha value is -4.19. The zero-order chi connectivity index (χ0) is 24.2. The average molecular weight is 465 g/mol. The summed E-state index contributed by atoms with van der Waals surface area (Å²) >= 11 is 0. The zero-order valence-corrected chi connectivity index (χ0v) is 20.2. The van der Waals surface area contributed by atoms with Gasteiger partial charge in [0.1, 0.15) is 11.5 Å². The molecule has 0 radical (unpaired) electrons. The highest BCUT2D eigenvalue weighted by Crippen LogP contribution is 2.22. The second kappa shape index (κ2) is 9.97. The number of oxazole rings is 1. The van der Waals surface area contributed by atoms with Crippen molar-refractivity contribution in [1.29, 1.82) is 0 Å². The minimum absolute atomic E-state index is 0.522. The van der Waals surface area contributed by atoms with Crippen molar-refractivity contribution in [2.75, 3.05) is 6.61 Å². The molecule has 6 nitrogen and oxygen atoms in total. The van der Waals surface area contributed by atoms with Crippen LogP contribution in [0.4, 0.5) is 0 Å². The van der Waals surface area contributed by atoms with Gasteiger partial charge < -0.3 is 9.15 Å². The van der Waals surface area contributed by atoms with Crippen molar-refractivity contribution in [2.24, 2.45) is 0 Å². The third-order valence-corrected chi connectivity index (χ3v) is 5.93. The lowest BCUT2D eigenvalue weighted by Gasteiger charge is -2.07. The van der Waals surface area contributed by atoms with Crippen molar-refractivity contribution in [1.82, 2.24) is 20.0 Å². The van der Waals surface area contributed by atoms with Gasteiger partial charge in [0.15, 0.2) is 0 Å². The van der Waals surface area contributed by atoms with Gasteiger partial charge in [-0.25, -0.2) is 4.98 Å². The third-order valence-electron chi connectivity index (χ3n) is 5.93. The summed E-state index contributed by atoms with van der Waals surface area (Å²) in [5.74, 6) is 2.30. The molecule has 0 saturated heterocycles. The second-order valence-electron chi connectivity index (χ2n) is 8.67. The molecule has 5 aromatic rings. The van der Waals surface area contributed by atoms with E-state index in [1.54, 1.807) is 4.80 Å². The van der Waals surface area contributed by atoms with E-state index < -0.39 is 0 Å². The lowest BCUT2D eigenvalue weighted by molar-refractivity contribution is 0.319. The molecule has 6 heteroatoms. The van der Waals surface area contributed by atoms with E-state index in [2.05, 4.69) is 41.3 Å². The van der Waals surface area contributed by atoms with Gasteiger partial charge in [0.2, 0.25) is 5.89 Å². The number of aromatic nitrogens is 4.